The predicted molar refractivity (Wildman–Crippen MR) is 403 cm³/mol. The van der Waals surface area contributed by atoms with E-state index in [0.29, 0.717) is 0 Å². The lowest BCUT2D eigenvalue weighted by atomic mass is 9.80. The average molecular weight is 1200 g/mol. The van der Waals surface area contributed by atoms with E-state index in [1.165, 1.54) is 187 Å². The highest BCUT2D eigenvalue weighted by Gasteiger charge is 2.37. The molecule has 0 radical (unpaired) electrons. The monoisotopic (exact) mass is 1200 g/mol. The lowest BCUT2D eigenvalue weighted by Gasteiger charge is -2.23. The summed E-state index contributed by atoms with van der Waals surface area (Å²) in [5.41, 5.74) is 31.2. The summed E-state index contributed by atoms with van der Waals surface area (Å²) in [5, 5.41) is 12.9. The van der Waals surface area contributed by atoms with Crippen molar-refractivity contribution in [2.45, 2.75) is 52.4 Å². The predicted octanol–water partition coefficient (Wildman–Crippen LogP) is 26.0. The Hall–Kier alpha value is -11.2. The summed E-state index contributed by atoms with van der Waals surface area (Å²) < 4.78 is 0. The van der Waals surface area contributed by atoms with Crippen molar-refractivity contribution in [1.29, 1.82) is 0 Å². The normalized spacial score (nSPS) is 13.2. The molecule has 0 atom stereocenters. The van der Waals surface area contributed by atoms with Crippen molar-refractivity contribution >= 4 is 53.9 Å². The summed E-state index contributed by atoms with van der Waals surface area (Å²) in [6.07, 6.45) is 0. The van der Waals surface area contributed by atoms with Crippen LogP contribution in [0.3, 0.4) is 0 Å². The van der Waals surface area contributed by atoms with Gasteiger partial charge in [0.2, 0.25) is 0 Å². The van der Waals surface area contributed by atoms with Crippen LogP contribution in [0, 0.1) is 13.8 Å². The van der Waals surface area contributed by atoms with E-state index in [0.717, 1.165) is 0 Å². The van der Waals surface area contributed by atoms with Gasteiger partial charge >= 0.3 is 0 Å². The van der Waals surface area contributed by atoms with Crippen LogP contribution in [0.4, 0.5) is 0 Å². The third kappa shape index (κ3) is 9.18. The van der Waals surface area contributed by atoms with Gasteiger partial charge in [0.1, 0.15) is 0 Å². The molecule has 0 heterocycles. The highest BCUT2D eigenvalue weighted by atomic mass is 14.4. The first-order valence-electron chi connectivity index (χ1n) is 33.2. The first kappa shape index (κ1) is 56.8. The molecule has 0 amide bonds. The fourth-order valence-electron chi connectivity index (χ4n) is 16.3. The van der Waals surface area contributed by atoms with Gasteiger partial charge in [-0.3, -0.25) is 0 Å². The highest BCUT2D eigenvalue weighted by Crippen LogP contribution is 2.54. The van der Waals surface area contributed by atoms with Crippen LogP contribution in [0.25, 0.3) is 154 Å². The Bertz CT molecular complexity index is 5720. The molecule has 0 saturated heterocycles. The number of hydrogen-bond acceptors (Lipinski definition) is 0. The molecule has 0 nitrogen and oxygen atoms in total. The van der Waals surface area contributed by atoms with Gasteiger partial charge in [0, 0.05) is 10.8 Å². The molecule has 0 spiro atoms. The highest BCUT2D eigenvalue weighted by molar-refractivity contribution is 6.25. The Labute approximate surface area is 551 Å². The third-order valence-corrected chi connectivity index (χ3v) is 20.9. The molecule has 18 rings (SSSR count). The number of rotatable bonds is 7. The van der Waals surface area contributed by atoms with Gasteiger partial charge in [-0.05, 0) is 208 Å². The van der Waals surface area contributed by atoms with Gasteiger partial charge in [0.25, 0.3) is 0 Å². The Morgan fingerprint density at radius 2 is 0.489 bits per heavy atom. The Kier molecular flexibility index (Phi) is 13.5. The standard InChI is InChI=1S/C48H36.C46H34/c1-31-20-26-42-43(28-31)47(37-25-27-39-38-16-9-10-19-44(38)48(2,3)45(39)30-37)41-18-8-7-17-40(41)46(42)36-15-11-14-35(29-36)34-23-21-33(22-24-34)32-12-5-4-6-13-32;1-29-21-23-40-41(27-29)44(31-22-24-36-35-17-11-12-20-42(35)46(2,3)43(36)28-31)37-18-9-10-19-38(37)45(40)39-26-25-32(30-13-5-4-6-14-30)33-15-7-8-16-34(33)39/h4-30H,1-3H3;4-28H,1-3H3. The van der Waals surface area contributed by atoms with Gasteiger partial charge in [0.05, 0.1) is 0 Å². The van der Waals surface area contributed by atoms with E-state index in [9.17, 15) is 0 Å². The van der Waals surface area contributed by atoms with Crippen molar-refractivity contribution in [2.24, 2.45) is 0 Å². The van der Waals surface area contributed by atoms with Gasteiger partial charge in [0.15, 0.2) is 0 Å². The first-order valence-corrected chi connectivity index (χ1v) is 33.2. The van der Waals surface area contributed by atoms with E-state index in [1.54, 1.807) is 0 Å². The van der Waals surface area contributed by atoms with E-state index >= 15 is 0 Å². The number of fused-ring (bicyclic) bond motifs is 11. The molecule has 0 saturated carbocycles. The van der Waals surface area contributed by atoms with Crippen LogP contribution in [0.1, 0.15) is 61.1 Å². The number of aryl methyl sites for hydroxylation is 2. The summed E-state index contributed by atoms with van der Waals surface area (Å²) in [5.74, 6) is 0. The van der Waals surface area contributed by atoms with Crippen LogP contribution in [-0.4, -0.2) is 0 Å². The van der Waals surface area contributed by atoms with Crippen molar-refractivity contribution in [3.05, 3.63) is 349 Å². The molecule has 16 aromatic rings. The third-order valence-electron chi connectivity index (χ3n) is 20.9. The smallest absolute Gasteiger partial charge is 0.0159 e. The summed E-state index contributed by atoms with van der Waals surface area (Å²) >= 11 is 0. The van der Waals surface area contributed by atoms with Gasteiger partial charge in [-0.2, -0.15) is 0 Å². The SMILES string of the molecule is Cc1ccc2c(-c3ccc(-c4ccccc4)c4ccccc34)c3ccccc3c(-c3ccc4c(c3)C(C)(C)c3ccccc3-4)c2c1.Cc1ccc2c(-c3cccc(-c4ccc(-c5ccccc5)cc4)c3)c3ccccc3c(-c3ccc4c(c3)C(C)(C)c3ccccc3-4)c2c1. The molecular formula is C94H70. The molecule has 2 aliphatic rings. The maximum atomic E-state index is 2.47. The zero-order chi connectivity index (χ0) is 63.4. The molecule has 16 aromatic carbocycles. The second-order valence-corrected chi connectivity index (χ2v) is 27.1. The van der Waals surface area contributed by atoms with Crippen molar-refractivity contribution in [3.8, 4) is 100 Å². The van der Waals surface area contributed by atoms with Crippen LogP contribution in [0.15, 0.2) is 315 Å². The van der Waals surface area contributed by atoms with Crippen LogP contribution in [0.5, 0.6) is 0 Å². The minimum atomic E-state index is -0.0528. The summed E-state index contributed by atoms with van der Waals surface area (Å²) in [7, 11) is 0. The van der Waals surface area contributed by atoms with E-state index in [2.05, 4.69) is 357 Å². The number of benzene rings is 16. The lowest BCUT2D eigenvalue weighted by Crippen LogP contribution is -2.14. The Balaban J connectivity index is 0.000000143. The molecular weight excluding hydrogens is 1130 g/mol. The van der Waals surface area contributed by atoms with E-state index in [1.807, 2.05) is 0 Å². The fourth-order valence-corrected chi connectivity index (χ4v) is 16.3. The molecule has 0 unspecified atom stereocenters. The minimum absolute atomic E-state index is 0.0524. The number of hydrogen-bond donors (Lipinski definition) is 0. The van der Waals surface area contributed by atoms with Gasteiger partial charge < -0.3 is 0 Å². The molecule has 0 aliphatic heterocycles. The maximum Gasteiger partial charge on any atom is 0.0159 e. The zero-order valence-corrected chi connectivity index (χ0v) is 54.0. The molecule has 94 heavy (non-hydrogen) atoms. The van der Waals surface area contributed by atoms with E-state index < -0.39 is 0 Å². The van der Waals surface area contributed by atoms with Gasteiger partial charge in [-0.25, -0.2) is 0 Å². The molecule has 446 valence electrons. The van der Waals surface area contributed by atoms with Crippen LogP contribution >= 0.6 is 0 Å². The first-order chi connectivity index (χ1) is 46.0. The molecule has 2 aliphatic carbocycles. The topological polar surface area (TPSA) is 0 Å². The second-order valence-electron chi connectivity index (χ2n) is 27.1. The summed E-state index contributed by atoms with van der Waals surface area (Å²) in [6, 6.07) is 117. The molecule has 0 aromatic heterocycles. The van der Waals surface area contributed by atoms with Crippen molar-refractivity contribution < 1.29 is 0 Å². The Morgan fingerprint density at radius 3 is 1.01 bits per heavy atom. The quantitative estimate of drug-likeness (QED) is 0.140. The van der Waals surface area contributed by atoms with Crippen LogP contribution in [-0.2, 0) is 10.8 Å². The molecule has 0 bridgehead atoms. The van der Waals surface area contributed by atoms with Crippen molar-refractivity contribution in [2.75, 3.05) is 0 Å². The largest absolute Gasteiger partial charge is 0.0622 e. The lowest BCUT2D eigenvalue weighted by molar-refractivity contribution is 0.660. The Morgan fingerprint density at radius 1 is 0.170 bits per heavy atom. The summed E-state index contributed by atoms with van der Waals surface area (Å²) in [6.45, 7) is 13.9. The van der Waals surface area contributed by atoms with Gasteiger partial charge in [-0.1, -0.05) is 336 Å². The zero-order valence-electron chi connectivity index (χ0n) is 54.0. The second kappa shape index (κ2) is 22.3. The van der Waals surface area contributed by atoms with E-state index in [-0.39, 0.29) is 10.8 Å². The van der Waals surface area contributed by atoms with Crippen LogP contribution < -0.4 is 0 Å². The minimum Gasteiger partial charge on any atom is -0.0622 e. The molecule has 0 fully saturated rings. The van der Waals surface area contributed by atoms with Crippen molar-refractivity contribution in [3.63, 3.8) is 0 Å². The van der Waals surface area contributed by atoms with E-state index in [4.69, 9.17) is 0 Å². The van der Waals surface area contributed by atoms with Crippen LogP contribution in [0.2, 0.25) is 0 Å². The summed E-state index contributed by atoms with van der Waals surface area (Å²) in [4.78, 5) is 0. The average Bonchev–Trinajstić information content (AvgIpc) is 1.18. The van der Waals surface area contributed by atoms with Gasteiger partial charge in [-0.15, -0.1) is 0 Å². The van der Waals surface area contributed by atoms with Crippen molar-refractivity contribution in [1.82, 2.24) is 0 Å². The maximum absolute atomic E-state index is 2.47. The fraction of sp³-hybridized carbons (Fsp3) is 0.0851. The molecule has 0 heteroatoms. The molecule has 0 N–H and O–H groups in total.